The maximum atomic E-state index is 11.8. The van der Waals surface area contributed by atoms with Gasteiger partial charge >= 0.3 is 6.03 Å². The molecule has 1 aromatic rings. The number of aliphatic hydroxyl groups is 1. The second kappa shape index (κ2) is 6.91. The van der Waals surface area contributed by atoms with Gasteiger partial charge in [-0.15, -0.1) is 0 Å². The molecular formula is C13H21N5O2. The van der Waals surface area contributed by atoms with Crippen LogP contribution in [-0.4, -0.2) is 33.6 Å². The van der Waals surface area contributed by atoms with E-state index >= 15 is 0 Å². The molecule has 0 aliphatic heterocycles. The zero-order valence-electron chi connectivity index (χ0n) is 12.1. The Morgan fingerprint density at radius 3 is 2.85 bits per heavy atom. The lowest BCUT2D eigenvalue weighted by molar-refractivity contribution is 0.162. The Kier molecular flexibility index (Phi) is 5.53. The van der Waals surface area contributed by atoms with Crippen molar-refractivity contribution >= 4 is 11.8 Å². The van der Waals surface area contributed by atoms with Gasteiger partial charge in [-0.3, -0.25) is 10.00 Å². The van der Waals surface area contributed by atoms with Crippen LogP contribution in [0.1, 0.15) is 27.2 Å². The molecule has 0 fully saturated rings. The Labute approximate surface area is 118 Å². The highest BCUT2D eigenvalue weighted by Gasteiger charge is 2.25. The first-order valence-electron chi connectivity index (χ1n) is 6.45. The van der Waals surface area contributed by atoms with Crippen LogP contribution >= 0.6 is 0 Å². The summed E-state index contributed by atoms with van der Waals surface area (Å²) in [6, 6.07) is 2.93. The van der Waals surface area contributed by atoms with Crippen LogP contribution in [0.5, 0.6) is 0 Å². The molecule has 0 aromatic carbocycles. The molecule has 2 amide bonds. The van der Waals surface area contributed by atoms with Crippen LogP contribution in [0.15, 0.2) is 12.3 Å². The number of hydrogen-bond donors (Lipinski definition) is 3. The summed E-state index contributed by atoms with van der Waals surface area (Å²) in [5, 5.41) is 27.2. The third-order valence-electron chi connectivity index (χ3n) is 2.87. The Balaban J connectivity index is 2.54. The van der Waals surface area contributed by atoms with Crippen molar-refractivity contribution in [2.24, 2.45) is 5.41 Å². The molecule has 0 aliphatic rings. The molecule has 7 heteroatoms. The monoisotopic (exact) mass is 279 g/mol. The van der Waals surface area contributed by atoms with Gasteiger partial charge in [-0.1, -0.05) is 20.8 Å². The number of nitrogens with zero attached hydrogens (tertiary/aromatic N) is 3. The number of aromatic nitrogens is 2. The van der Waals surface area contributed by atoms with Crippen LogP contribution in [0.3, 0.4) is 0 Å². The lowest BCUT2D eigenvalue weighted by Crippen LogP contribution is -2.47. The summed E-state index contributed by atoms with van der Waals surface area (Å²) in [4.78, 5) is 11.8. The molecule has 110 valence electrons. The van der Waals surface area contributed by atoms with Gasteiger partial charge in [-0.25, -0.2) is 4.79 Å². The van der Waals surface area contributed by atoms with Crippen molar-refractivity contribution < 1.29 is 9.90 Å². The summed E-state index contributed by atoms with van der Waals surface area (Å²) in [5.74, 6) is 0.408. The molecule has 1 aromatic heterocycles. The van der Waals surface area contributed by atoms with E-state index in [9.17, 15) is 9.90 Å². The van der Waals surface area contributed by atoms with E-state index in [0.29, 0.717) is 18.8 Å². The molecule has 0 bridgehead atoms. The van der Waals surface area contributed by atoms with E-state index in [1.807, 2.05) is 26.8 Å². The van der Waals surface area contributed by atoms with E-state index < -0.39 is 6.03 Å². The van der Waals surface area contributed by atoms with Gasteiger partial charge < -0.3 is 10.4 Å². The van der Waals surface area contributed by atoms with Gasteiger partial charge in [0.2, 0.25) is 0 Å². The number of carbonyl (C=O) groups is 1. The fraction of sp³-hybridized carbons (Fsp3) is 0.615. The minimum absolute atomic E-state index is 0.131. The van der Waals surface area contributed by atoms with E-state index in [1.165, 1.54) is 0 Å². The van der Waals surface area contributed by atoms with Crippen molar-refractivity contribution in [2.45, 2.75) is 39.8 Å². The normalized spacial score (nSPS) is 12.6. The molecule has 0 spiro atoms. The predicted octanol–water partition coefficient (Wildman–Crippen LogP) is 1.33. The van der Waals surface area contributed by atoms with Crippen LogP contribution in [-0.2, 0) is 6.54 Å². The highest BCUT2D eigenvalue weighted by molar-refractivity contribution is 5.88. The number of urea groups is 1. The van der Waals surface area contributed by atoms with Crippen LogP contribution in [0.4, 0.5) is 10.6 Å². The molecular weight excluding hydrogens is 258 g/mol. The van der Waals surface area contributed by atoms with Gasteiger partial charge in [-0.05, 0) is 5.41 Å². The third kappa shape index (κ3) is 4.90. The molecule has 0 saturated carbocycles. The standard InChI is InChI=1S/C13H21N5O2/c1-13(2,3)10(9-19)15-12(20)16-11-5-8-18(17-11)7-4-6-14/h5,8,10,19H,4,7,9H2,1-3H3,(H2,15,16,17,20)/t10-/m1/s1. The SMILES string of the molecule is CC(C)(C)[C@@H](CO)NC(=O)Nc1ccn(CCC#N)n1. The zero-order valence-corrected chi connectivity index (χ0v) is 12.1. The van der Waals surface area contributed by atoms with E-state index in [-0.39, 0.29) is 18.1 Å². The fourth-order valence-electron chi connectivity index (χ4n) is 1.56. The molecule has 7 nitrogen and oxygen atoms in total. The lowest BCUT2D eigenvalue weighted by atomic mass is 9.87. The maximum Gasteiger partial charge on any atom is 0.320 e. The number of anilines is 1. The van der Waals surface area contributed by atoms with Crippen molar-refractivity contribution in [3.8, 4) is 6.07 Å². The van der Waals surface area contributed by atoms with Crippen LogP contribution in [0.2, 0.25) is 0 Å². The van der Waals surface area contributed by atoms with Crippen LogP contribution < -0.4 is 10.6 Å². The maximum absolute atomic E-state index is 11.8. The summed E-state index contributed by atoms with van der Waals surface area (Å²) in [6.45, 7) is 6.16. The van der Waals surface area contributed by atoms with Gasteiger partial charge in [0.1, 0.15) is 0 Å². The van der Waals surface area contributed by atoms with E-state index in [0.717, 1.165) is 0 Å². The van der Waals surface area contributed by atoms with E-state index in [2.05, 4.69) is 15.7 Å². The Morgan fingerprint density at radius 1 is 1.60 bits per heavy atom. The molecule has 1 atom stereocenters. The van der Waals surface area contributed by atoms with Crippen molar-refractivity contribution in [1.82, 2.24) is 15.1 Å². The number of aliphatic hydroxyl groups excluding tert-OH is 1. The quantitative estimate of drug-likeness (QED) is 0.756. The highest BCUT2D eigenvalue weighted by atomic mass is 16.3. The molecule has 3 N–H and O–H groups in total. The topological polar surface area (TPSA) is 103 Å². The second-order valence-electron chi connectivity index (χ2n) is 5.57. The summed E-state index contributed by atoms with van der Waals surface area (Å²) >= 11 is 0. The second-order valence-corrected chi connectivity index (χ2v) is 5.57. The van der Waals surface area contributed by atoms with Gasteiger partial charge in [0, 0.05) is 12.3 Å². The number of aryl methyl sites for hydroxylation is 1. The average Bonchev–Trinajstić information content (AvgIpc) is 2.79. The van der Waals surface area contributed by atoms with Crippen LogP contribution in [0, 0.1) is 16.7 Å². The number of nitriles is 1. The van der Waals surface area contributed by atoms with Crippen LogP contribution in [0.25, 0.3) is 0 Å². The minimum atomic E-state index is -0.412. The van der Waals surface area contributed by atoms with Gasteiger partial charge in [0.15, 0.2) is 5.82 Å². The third-order valence-corrected chi connectivity index (χ3v) is 2.87. The number of carbonyl (C=O) groups excluding carboxylic acids is 1. The van der Waals surface area contributed by atoms with Crippen molar-refractivity contribution in [3.63, 3.8) is 0 Å². The largest absolute Gasteiger partial charge is 0.394 e. The summed E-state index contributed by atoms with van der Waals surface area (Å²) < 4.78 is 1.59. The zero-order chi connectivity index (χ0) is 15.2. The highest BCUT2D eigenvalue weighted by Crippen LogP contribution is 2.18. The first kappa shape index (κ1) is 16.0. The molecule has 0 saturated heterocycles. The first-order valence-corrected chi connectivity index (χ1v) is 6.45. The molecule has 0 radical (unpaired) electrons. The van der Waals surface area contributed by atoms with Gasteiger partial charge in [-0.2, -0.15) is 10.4 Å². The van der Waals surface area contributed by atoms with Crippen molar-refractivity contribution in [3.05, 3.63) is 12.3 Å². The molecule has 0 unspecified atom stereocenters. The Bertz CT molecular complexity index is 484. The van der Waals surface area contributed by atoms with Crippen molar-refractivity contribution in [2.75, 3.05) is 11.9 Å². The van der Waals surface area contributed by atoms with Gasteiger partial charge in [0.25, 0.3) is 0 Å². The number of rotatable bonds is 5. The number of amides is 2. The first-order chi connectivity index (χ1) is 9.36. The van der Waals surface area contributed by atoms with E-state index in [1.54, 1.807) is 16.9 Å². The average molecular weight is 279 g/mol. The molecule has 20 heavy (non-hydrogen) atoms. The summed E-state index contributed by atoms with van der Waals surface area (Å²) in [7, 11) is 0. The molecule has 1 heterocycles. The Hall–Kier alpha value is -2.07. The van der Waals surface area contributed by atoms with Crippen molar-refractivity contribution in [1.29, 1.82) is 5.26 Å². The summed E-state index contributed by atoms with van der Waals surface area (Å²) in [5.41, 5.74) is -0.238. The minimum Gasteiger partial charge on any atom is -0.394 e. The fourth-order valence-corrected chi connectivity index (χ4v) is 1.56. The van der Waals surface area contributed by atoms with Gasteiger partial charge in [0.05, 0.1) is 31.7 Å². The number of nitrogens with one attached hydrogen (secondary N) is 2. The summed E-state index contributed by atoms with van der Waals surface area (Å²) in [6.07, 6.45) is 2.06. The Morgan fingerprint density at radius 2 is 2.30 bits per heavy atom. The number of hydrogen-bond acceptors (Lipinski definition) is 4. The lowest BCUT2D eigenvalue weighted by Gasteiger charge is -2.29. The molecule has 1 rings (SSSR count). The smallest absolute Gasteiger partial charge is 0.320 e. The molecule has 0 aliphatic carbocycles. The van der Waals surface area contributed by atoms with E-state index in [4.69, 9.17) is 5.26 Å². The predicted molar refractivity (Wildman–Crippen MR) is 74.9 cm³/mol.